The highest BCUT2D eigenvalue weighted by Gasteiger charge is 2.06. The molecule has 74 valence electrons. The maximum Gasteiger partial charge on any atom is 0.167 e. The van der Waals surface area contributed by atoms with Crippen LogP contribution in [0.25, 0.3) is 11.0 Å². The van der Waals surface area contributed by atoms with Crippen molar-refractivity contribution in [3.8, 4) is 0 Å². The zero-order chi connectivity index (χ0) is 9.80. The Hall–Kier alpha value is -1.39. The molecule has 2 aromatic rings. The molecule has 2 N–H and O–H groups in total. The second-order valence-electron chi connectivity index (χ2n) is 2.97. The Bertz CT molecular complexity index is 411. The van der Waals surface area contributed by atoms with Crippen LogP contribution in [0, 0.1) is 0 Å². The summed E-state index contributed by atoms with van der Waals surface area (Å²) in [6, 6.07) is 7.71. The average molecular weight is 192 g/mol. The Morgan fingerprint density at radius 1 is 1.36 bits per heavy atom. The van der Waals surface area contributed by atoms with Crippen LogP contribution in [0.2, 0.25) is 0 Å². The van der Waals surface area contributed by atoms with E-state index in [1.165, 1.54) is 0 Å². The van der Waals surface area contributed by atoms with E-state index in [4.69, 9.17) is 15.0 Å². The van der Waals surface area contributed by atoms with Gasteiger partial charge in [0.1, 0.15) is 5.69 Å². The molecule has 0 saturated carbocycles. The molecule has 0 atom stereocenters. The van der Waals surface area contributed by atoms with Gasteiger partial charge in [-0.3, -0.25) is 0 Å². The van der Waals surface area contributed by atoms with Crippen LogP contribution in [-0.2, 0) is 11.3 Å². The maximum absolute atomic E-state index is 5.31. The van der Waals surface area contributed by atoms with E-state index in [1.807, 2.05) is 24.3 Å². The summed E-state index contributed by atoms with van der Waals surface area (Å²) in [5, 5.41) is 4.93. The number of fused-ring (bicyclic) bond motifs is 1. The fraction of sp³-hybridized carbons (Fsp3) is 0.300. The molecule has 0 spiro atoms. The molecular weight excluding hydrogens is 180 g/mol. The third kappa shape index (κ3) is 1.76. The zero-order valence-corrected chi connectivity index (χ0v) is 7.77. The van der Waals surface area contributed by atoms with Gasteiger partial charge in [0.05, 0.1) is 13.2 Å². The highest BCUT2D eigenvalue weighted by atomic mass is 16.5. The van der Waals surface area contributed by atoms with Crippen LogP contribution in [0.4, 0.5) is 0 Å². The number of hydrogen-bond donors (Lipinski definition) is 1. The SMILES string of the molecule is NCCOCc1noc2ccccc12. The summed E-state index contributed by atoms with van der Waals surface area (Å²) in [7, 11) is 0. The molecule has 1 heterocycles. The van der Waals surface area contributed by atoms with Crippen molar-refractivity contribution in [3.63, 3.8) is 0 Å². The van der Waals surface area contributed by atoms with Crippen LogP contribution in [0.15, 0.2) is 28.8 Å². The van der Waals surface area contributed by atoms with E-state index in [-0.39, 0.29) is 0 Å². The molecule has 1 aromatic heterocycles. The summed E-state index contributed by atoms with van der Waals surface area (Å²) < 4.78 is 10.4. The van der Waals surface area contributed by atoms with Gasteiger partial charge >= 0.3 is 0 Å². The van der Waals surface area contributed by atoms with Gasteiger partial charge in [0.2, 0.25) is 0 Å². The van der Waals surface area contributed by atoms with Crippen molar-refractivity contribution >= 4 is 11.0 Å². The lowest BCUT2D eigenvalue weighted by atomic mass is 10.2. The minimum Gasteiger partial charge on any atom is -0.374 e. The molecule has 14 heavy (non-hydrogen) atoms. The second-order valence-corrected chi connectivity index (χ2v) is 2.97. The normalized spacial score (nSPS) is 10.9. The van der Waals surface area contributed by atoms with Gasteiger partial charge in [-0.2, -0.15) is 0 Å². The molecule has 4 nitrogen and oxygen atoms in total. The number of benzene rings is 1. The van der Waals surface area contributed by atoms with E-state index in [0.717, 1.165) is 16.7 Å². The summed E-state index contributed by atoms with van der Waals surface area (Å²) in [6.45, 7) is 1.52. The topological polar surface area (TPSA) is 61.3 Å². The third-order valence-electron chi connectivity index (χ3n) is 1.95. The number of aromatic nitrogens is 1. The quantitative estimate of drug-likeness (QED) is 0.742. The van der Waals surface area contributed by atoms with Gasteiger partial charge in [-0.1, -0.05) is 17.3 Å². The van der Waals surface area contributed by atoms with E-state index >= 15 is 0 Å². The van der Waals surface area contributed by atoms with Crippen molar-refractivity contribution in [2.45, 2.75) is 6.61 Å². The predicted molar refractivity (Wildman–Crippen MR) is 52.7 cm³/mol. The molecule has 0 saturated heterocycles. The van der Waals surface area contributed by atoms with Gasteiger partial charge in [-0.05, 0) is 12.1 Å². The van der Waals surface area contributed by atoms with Crippen LogP contribution in [0.1, 0.15) is 5.69 Å². The smallest absolute Gasteiger partial charge is 0.167 e. The molecule has 4 heteroatoms. The molecule has 2 rings (SSSR count). The van der Waals surface area contributed by atoms with Crippen molar-refractivity contribution in [2.75, 3.05) is 13.2 Å². The number of hydrogen-bond acceptors (Lipinski definition) is 4. The Labute approximate surface area is 81.6 Å². The summed E-state index contributed by atoms with van der Waals surface area (Å²) >= 11 is 0. The van der Waals surface area contributed by atoms with Crippen LogP contribution >= 0.6 is 0 Å². The molecule has 0 aliphatic heterocycles. The summed E-state index contributed by atoms with van der Waals surface area (Å²) in [6.07, 6.45) is 0. The first-order chi connectivity index (χ1) is 6.92. The van der Waals surface area contributed by atoms with Gasteiger partial charge < -0.3 is 15.0 Å². The first-order valence-electron chi connectivity index (χ1n) is 4.53. The minimum absolute atomic E-state index is 0.453. The zero-order valence-electron chi connectivity index (χ0n) is 7.77. The first-order valence-corrected chi connectivity index (χ1v) is 4.53. The molecule has 0 amide bonds. The highest BCUT2D eigenvalue weighted by molar-refractivity contribution is 5.78. The number of nitrogens with two attached hydrogens (primary N) is 1. The first kappa shape index (κ1) is 9.18. The Balaban J connectivity index is 2.17. The molecular formula is C10H12N2O2. The van der Waals surface area contributed by atoms with Gasteiger partial charge in [0.15, 0.2) is 5.58 Å². The highest BCUT2D eigenvalue weighted by Crippen LogP contribution is 2.17. The summed E-state index contributed by atoms with van der Waals surface area (Å²) in [5.74, 6) is 0. The second kappa shape index (κ2) is 4.21. The standard InChI is InChI=1S/C10H12N2O2/c11-5-6-13-7-9-8-3-1-2-4-10(8)14-12-9/h1-4H,5-7,11H2. The number of ether oxygens (including phenoxy) is 1. The van der Waals surface area contributed by atoms with Gasteiger partial charge in [0.25, 0.3) is 0 Å². The number of nitrogens with zero attached hydrogens (tertiary/aromatic N) is 1. The van der Waals surface area contributed by atoms with Crippen molar-refractivity contribution < 1.29 is 9.26 Å². The minimum atomic E-state index is 0.453. The lowest BCUT2D eigenvalue weighted by molar-refractivity contribution is 0.123. The van der Waals surface area contributed by atoms with Crippen molar-refractivity contribution in [1.82, 2.24) is 5.16 Å². The van der Waals surface area contributed by atoms with Crippen LogP contribution < -0.4 is 5.73 Å². The average Bonchev–Trinajstić information content (AvgIpc) is 2.63. The summed E-state index contributed by atoms with van der Waals surface area (Å²) in [5.41, 5.74) is 6.93. The largest absolute Gasteiger partial charge is 0.374 e. The van der Waals surface area contributed by atoms with E-state index in [9.17, 15) is 0 Å². The number of rotatable bonds is 4. The fourth-order valence-corrected chi connectivity index (χ4v) is 1.29. The van der Waals surface area contributed by atoms with Crippen LogP contribution in [0.5, 0.6) is 0 Å². The van der Waals surface area contributed by atoms with Gasteiger partial charge in [0, 0.05) is 11.9 Å². The Morgan fingerprint density at radius 2 is 2.21 bits per heavy atom. The molecule has 0 unspecified atom stereocenters. The van der Waals surface area contributed by atoms with Crippen molar-refractivity contribution in [2.24, 2.45) is 5.73 Å². The van der Waals surface area contributed by atoms with Crippen molar-refractivity contribution in [3.05, 3.63) is 30.0 Å². The van der Waals surface area contributed by atoms with E-state index < -0.39 is 0 Å². The molecule has 1 aromatic carbocycles. The summed E-state index contributed by atoms with van der Waals surface area (Å²) in [4.78, 5) is 0. The van der Waals surface area contributed by atoms with Gasteiger partial charge in [-0.25, -0.2) is 0 Å². The molecule has 0 aliphatic carbocycles. The predicted octanol–water partition coefficient (Wildman–Crippen LogP) is 1.30. The Morgan fingerprint density at radius 3 is 3.07 bits per heavy atom. The van der Waals surface area contributed by atoms with E-state index in [1.54, 1.807) is 0 Å². The third-order valence-corrected chi connectivity index (χ3v) is 1.95. The molecule has 0 aliphatic rings. The van der Waals surface area contributed by atoms with E-state index in [2.05, 4.69) is 5.16 Å². The maximum atomic E-state index is 5.31. The molecule has 0 bridgehead atoms. The van der Waals surface area contributed by atoms with Crippen molar-refractivity contribution in [1.29, 1.82) is 0 Å². The van der Waals surface area contributed by atoms with E-state index in [0.29, 0.717) is 19.8 Å². The number of para-hydroxylation sites is 1. The fourth-order valence-electron chi connectivity index (χ4n) is 1.29. The van der Waals surface area contributed by atoms with Crippen LogP contribution in [-0.4, -0.2) is 18.3 Å². The Kier molecular flexibility index (Phi) is 2.76. The van der Waals surface area contributed by atoms with Crippen LogP contribution in [0.3, 0.4) is 0 Å². The molecule has 0 fully saturated rings. The lowest BCUT2D eigenvalue weighted by Gasteiger charge is -1.97. The molecule has 0 radical (unpaired) electrons. The lowest BCUT2D eigenvalue weighted by Crippen LogP contribution is -2.08. The van der Waals surface area contributed by atoms with Gasteiger partial charge in [-0.15, -0.1) is 0 Å². The monoisotopic (exact) mass is 192 g/mol.